The molecule has 0 fully saturated rings. The molecule has 0 bridgehead atoms. The maximum atomic E-state index is 5.89. The van der Waals surface area contributed by atoms with Gasteiger partial charge in [-0.2, -0.15) is 0 Å². The Kier molecular flexibility index (Phi) is 3.74. The van der Waals surface area contributed by atoms with Gasteiger partial charge in [-0.05, 0) is 24.6 Å². The van der Waals surface area contributed by atoms with Crippen LogP contribution in [-0.4, -0.2) is 9.97 Å². The molecule has 0 radical (unpaired) electrons. The third kappa shape index (κ3) is 2.85. The number of thiazole rings is 2. The van der Waals surface area contributed by atoms with Crippen LogP contribution in [0.1, 0.15) is 16.3 Å². The molecule has 20 heavy (non-hydrogen) atoms. The molecule has 2 aromatic heterocycles. The van der Waals surface area contributed by atoms with E-state index in [0.717, 1.165) is 32.7 Å². The zero-order valence-corrected chi connectivity index (χ0v) is 13.1. The minimum atomic E-state index is 0.588. The van der Waals surface area contributed by atoms with Gasteiger partial charge in [0, 0.05) is 16.8 Å². The second-order valence-electron chi connectivity index (χ2n) is 4.40. The maximum absolute atomic E-state index is 5.89. The molecule has 3 rings (SSSR count). The third-order valence-corrected chi connectivity index (χ3v) is 4.98. The lowest BCUT2D eigenvalue weighted by molar-refractivity contribution is 1.14. The number of hydrogen-bond acceptors (Lipinski definition) is 5. The quantitative estimate of drug-likeness (QED) is 0.777. The van der Waals surface area contributed by atoms with Crippen LogP contribution in [0.3, 0.4) is 0 Å². The highest BCUT2D eigenvalue weighted by molar-refractivity contribution is 7.19. The summed E-state index contributed by atoms with van der Waals surface area (Å²) in [7, 11) is 0. The molecule has 6 heteroatoms. The van der Waals surface area contributed by atoms with E-state index in [9.17, 15) is 0 Å². The fraction of sp³-hybridized carbons (Fsp3) is 0.143. The van der Waals surface area contributed by atoms with E-state index in [1.54, 1.807) is 11.3 Å². The molecule has 0 aliphatic carbocycles. The number of halogens is 1. The summed E-state index contributed by atoms with van der Waals surface area (Å²) < 4.78 is 0. The van der Waals surface area contributed by atoms with Gasteiger partial charge in [-0.15, -0.1) is 11.3 Å². The van der Waals surface area contributed by atoms with Gasteiger partial charge in [-0.25, -0.2) is 9.97 Å². The summed E-state index contributed by atoms with van der Waals surface area (Å²) in [6.45, 7) is 1.96. The number of nitrogens with zero attached hydrogens (tertiary/aromatic N) is 2. The first kappa shape index (κ1) is 13.5. The van der Waals surface area contributed by atoms with Crippen LogP contribution in [0.25, 0.3) is 10.6 Å². The minimum Gasteiger partial charge on any atom is -0.375 e. The molecule has 0 amide bonds. The van der Waals surface area contributed by atoms with E-state index >= 15 is 0 Å². The standard InChI is InChI=1S/C14H12ClN3S2/c1-8-13(20-14(16)17-8)11-7-19-12(18-11)6-9-2-4-10(15)5-3-9/h2-5,7H,6H2,1H3,(H2,16,17). The van der Waals surface area contributed by atoms with Crippen molar-refractivity contribution in [2.75, 3.05) is 5.73 Å². The Labute approximate surface area is 130 Å². The highest BCUT2D eigenvalue weighted by Gasteiger charge is 2.12. The van der Waals surface area contributed by atoms with Crippen molar-refractivity contribution >= 4 is 39.4 Å². The first-order chi connectivity index (χ1) is 9.61. The lowest BCUT2D eigenvalue weighted by Crippen LogP contribution is -1.87. The van der Waals surface area contributed by atoms with E-state index in [4.69, 9.17) is 17.3 Å². The van der Waals surface area contributed by atoms with Gasteiger partial charge in [0.2, 0.25) is 0 Å². The molecular weight excluding hydrogens is 310 g/mol. The molecule has 2 heterocycles. The molecule has 102 valence electrons. The van der Waals surface area contributed by atoms with Crippen LogP contribution in [0.4, 0.5) is 5.13 Å². The third-order valence-electron chi connectivity index (χ3n) is 2.87. The van der Waals surface area contributed by atoms with Gasteiger partial charge in [0.1, 0.15) is 0 Å². The molecule has 0 spiro atoms. The summed E-state index contributed by atoms with van der Waals surface area (Å²) in [5.41, 5.74) is 8.84. The number of nitrogen functional groups attached to an aromatic ring is 1. The van der Waals surface area contributed by atoms with Gasteiger partial charge in [0.15, 0.2) is 5.13 Å². The molecular formula is C14H12ClN3S2. The number of hydrogen-bond donors (Lipinski definition) is 1. The van der Waals surface area contributed by atoms with E-state index in [1.165, 1.54) is 16.9 Å². The van der Waals surface area contributed by atoms with E-state index in [-0.39, 0.29) is 0 Å². The zero-order chi connectivity index (χ0) is 14.1. The van der Waals surface area contributed by atoms with Crippen molar-refractivity contribution in [1.82, 2.24) is 9.97 Å². The van der Waals surface area contributed by atoms with Gasteiger partial charge >= 0.3 is 0 Å². The Morgan fingerprint density at radius 1 is 1.20 bits per heavy atom. The van der Waals surface area contributed by atoms with Crippen LogP contribution < -0.4 is 5.73 Å². The van der Waals surface area contributed by atoms with Crippen molar-refractivity contribution in [3.63, 3.8) is 0 Å². The van der Waals surface area contributed by atoms with Gasteiger partial charge in [-0.1, -0.05) is 35.1 Å². The van der Waals surface area contributed by atoms with E-state index in [2.05, 4.69) is 15.3 Å². The monoisotopic (exact) mass is 321 g/mol. The second-order valence-corrected chi connectivity index (χ2v) is 6.81. The Morgan fingerprint density at radius 2 is 1.95 bits per heavy atom. The van der Waals surface area contributed by atoms with Gasteiger partial charge in [-0.3, -0.25) is 0 Å². The Hall–Kier alpha value is -1.43. The highest BCUT2D eigenvalue weighted by atomic mass is 35.5. The molecule has 0 aliphatic heterocycles. The average Bonchev–Trinajstić information content (AvgIpc) is 2.99. The Balaban J connectivity index is 1.83. The number of rotatable bonds is 3. The van der Waals surface area contributed by atoms with E-state index < -0.39 is 0 Å². The second kappa shape index (κ2) is 5.52. The minimum absolute atomic E-state index is 0.588. The summed E-state index contributed by atoms with van der Waals surface area (Å²) in [6, 6.07) is 7.86. The van der Waals surface area contributed by atoms with Crippen molar-refractivity contribution in [2.45, 2.75) is 13.3 Å². The molecule has 3 nitrogen and oxygen atoms in total. The fourth-order valence-electron chi connectivity index (χ4n) is 1.93. The van der Waals surface area contributed by atoms with Gasteiger partial charge < -0.3 is 5.73 Å². The van der Waals surface area contributed by atoms with Crippen molar-refractivity contribution in [2.24, 2.45) is 0 Å². The Morgan fingerprint density at radius 3 is 2.60 bits per heavy atom. The predicted octanol–water partition coefficient (Wildman–Crippen LogP) is 4.40. The Bertz CT molecular complexity index is 731. The summed E-state index contributed by atoms with van der Waals surface area (Å²) in [6.07, 6.45) is 0.815. The number of anilines is 1. The maximum Gasteiger partial charge on any atom is 0.180 e. The van der Waals surface area contributed by atoms with Crippen molar-refractivity contribution < 1.29 is 0 Å². The summed E-state index contributed by atoms with van der Waals surface area (Å²) in [4.78, 5) is 9.97. The molecule has 0 aliphatic rings. The first-order valence-electron chi connectivity index (χ1n) is 6.04. The van der Waals surface area contributed by atoms with Crippen LogP contribution in [0.5, 0.6) is 0 Å². The van der Waals surface area contributed by atoms with Crippen molar-refractivity contribution in [1.29, 1.82) is 0 Å². The van der Waals surface area contributed by atoms with E-state index in [0.29, 0.717) is 5.13 Å². The highest BCUT2D eigenvalue weighted by Crippen LogP contribution is 2.32. The molecule has 2 N–H and O–H groups in total. The van der Waals surface area contributed by atoms with Gasteiger partial charge in [0.25, 0.3) is 0 Å². The normalized spacial score (nSPS) is 10.9. The molecule has 0 unspecified atom stereocenters. The zero-order valence-electron chi connectivity index (χ0n) is 10.8. The topological polar surface area (TPSA) is 51.8 Å². The summed E-state index contributed by atoms with van der Waals surface area (Å²) in [5.74, 6) is 0. The van der Waals surface area contributed by atoms with Crippen molar-refractivity contribution in [3.8, 4) is 10.6 Å². The molecule has 1 aromatic carbocycles. The van der Waals surface area contributed by atoms with Gasteiger partial charge in [0.05, 0.1) is 21.3 Å². The fourth-order valence-corrected chi connectivity index (χ4v) is 3.74. The van der Waals surface area contributed by atoms with Crippen LogP contribution >= 0.6 is 34.3 Å². The number of benzene rings is 1. The predicted molar refractivity (Wildman–Crippen MR) is 86.6 cm³/mol. The number of aromatic nitrogens is 2. The van der Waals surface area contributed by atoms with Crippen LogP contribution in [0.2, 0.25) is 5.02 Å². The molecule has 3 aromatic rings. The molecule has 0 saturated carbocycles. The van der Waals surface area contributed by atoms with Crippen LogP contribution in [0, 0.1) is 6.92 Å². The summed E-state index contributed by atoms with van der Waals surface area (Å²) in [5, 5.41) is 4.48. The lowest BCUT2D eigenvalue weighted by atomic mass is 10.2. The number of nitrogens with two attached hydrogens (primary N) is 1. The van der Waals surface area contributed by atoms with E-state index in [1.807, 2.05) is 31.2 Å². The van der Waals surface area contributed by atoms with Crippen LogP contribution in [-0.2, 0) is 6.42 Å². The first-order valence-corrected chi connectivity index (χ1v) is 8.11. The summed E-state index contributed by atoms with van der Waals surface area (Å²) >= 11 is 9.03. The molecule has 0 saturated heterocycles. The lowest BCUT2D eigenvalue weighted by Gasteiger charge is -1.98. The SMILES string of the molecule is Cc1nc(N)sc1-c1csc(Cc2ccc(Cl)cc2)n1. The van der Waals surface area contributed by atoms with Crippen LogP contribution in [0.15, 0.2) is 29.6 Å². The largest absolute Gasteiger partial charge is 0.375 e. The van der Waals surface area contributed by atoms with Crippen molar-refractivity contribution in [3.05, 3.63) is 50.9 Å². The smallest absolute Gasteiger partial charge is 0.180 e. The average molecular weight is 322 g/mol. The molecule has 0 atom stereocenters. The number of aryl methyl sites for hydroxylation is 1.